The summed E-state index contributed by atoms with van der Waals surface area (Å²) in [7, 11) is 0. The topological polar surface area (TPSA) is 29.1 Å². The minimum absolute atomic E-state index is 0.0112. The molecule has 1 atom stereocenters. The Kier molecular flexibility index (Phi) is 5.18. The fraction of sp³-hybridized carbons (Fsp3) is 0.278. The first-order chi connectivity index (χ1) is 10.0. The second-order valence-electron chi connectivity index (χ2n) is 5.52. The van der Waals surface area contributed by atoms with Gasteiger partial charge in [0, 0.05) is 10.0 Å². The highest BCUT2D eigenvalue weighted by Gasteiger charge is 2.20. The van der Waals surface area contributed by atoms with Crippen molar-refractivity contribution in [3.63, 3.8) is 0 Å². The third-order valence-corrected chi connectivity index (χ3v) is 4.48. The number of benzene rings is 2. The molecule has 0 radical (unpaired) electrons. The maximum atomic E-state index is 12.6. The summed E-state index contributed by atoms with van der Waals surface area (Å²) < 4.78 is 0.955. The number of hydrogen-bond donors (Lipinski definition) is 1. The monoisotopic (exact) mass is 345 g/mol. The van der Waals surface area contributed by atoms with Crippen molar-refractivity contribution in [3.05, 3.63) is 69.7 Å². The van der Waals surface area contributed by atoms with Gasteiger partial charge in [-0.2, -0.15) is 0 Å². The Labute approximate surface area is 134 Å². The van der Waals surface area contributed by atoms with Gasteiger partial charge in [-0.15, -0.1) is 0 Å². The normalized spacial score (nSPS) is 12.2. The van der Waals surface area contributed by atoms with Gasteiger partial charge in [-0.3, -0.25) is 4.79 Å². The summed E-state index contributed by atoms with van der Waals surface area (Å²) in [5.41, 5.74) is 2.81. The lowest BCUT2D eigenvalue weighted by atomic mass is 9.95. The van der Waals surface area contributed by atoms with Crippen LogP contribution < -0.4 is 5.32 Å². The highest BCUT2D eigenvalue weighted by Crippen LogP contribution is 2.24. The van der Waals surface area contributed by atoms with Gasteiger partial charge in [-0.1, -0.05) is 66.2 Å². The van der Waals surface area contributed by atoms with Gasteiger partial charge in [0.25, 0.3) is 5.91 Å². The van der Waals surface area contributed by atoms with Crippen molar-refractivity contribution < 1.29 is 4.79 Å². The Bertz CT molecular complexity index is 622. The summed E-state index contributed by atoms with van der Waals surface area (Å²) in [5.74, 6) is 0.292. The first kappa shape index (κ1) is 15.8. The van der Waals surface area contributed by atoms with Crippen LogP contribution in [0, 0.1) is 12.8 Å². The predicted molar refractivity (Wildman–Crippen MR) is 90.4 cm³/mol. The second kappa shape index (κ2) is 6.90. The van der Waals surface area contributed by atoms with Gasteiger partial charge in [0.15, 0.2) is 0 Å². The first-order valence-corrected chi connectivity index (χ1v) is 7.91. The van der Waals surface area contributed by atoms with E-state index in [1.54, 1.807) is 0 Å². The molecular formula is C18H20BrNO. The zero-order valence-corrected chi connectivity index (χ0v) is 14.1. The average Bonchev–Trinajstić information content (AvgIpc) is 2.48. The summed E-state index contributed by atoms with van der Waals surface area (Å²) in [4.78, 5) is 12.6. The van der Waals surface area contributed by atoms with Gasteiger partial charge in [-0.25, -0.2) is 0 Å². The van der Waals surface area contributed by atoms with Crippen LogP contribution >= 0.6 is 15.9 Å². The van der Waals surface area contributed by atoms with E-state index in [4.69, 9.17) is 0 Å². The van der Waals surface area contributed by atoms with Crippen molar-refractivity contribution in [1.82, 2.24) is 5.32 Å². The highest BCUT2D eigenvalue weighted by atomic mass is 79.9. The molecule has 3 heteroatoms. The summed E-state index contributed by atoms with van der Waals surface area (Å²) in [6, 6.07) is 15.8. The lowest BCUT2D eigenvalue weighted by Crippen LogP contribution is -2.32. The molecule has 110 valence electrons. The van der Waals surface area contributed by atoms with Gasteiger partial charge in [0.05, 0.1) is 6.04 Å². The molecule has 0 aliphatic heterocycles. The molecule has 1 unspecified atom stereocenters. The lowest BCUT2D eigenvalue weighted by molar-refractivity contribution is 0.0925. The zero-order valence-electron chi connectivity index (χ0n) is 12.6. The van der Waals surface area contributed by atoms with E-state index in [1.165, 1.54) is 0 Å². The van der Waals surface area contributed by atoms with Crippen LogP contribution in [0.2, 0.25) is 0 Å². The van der Waals surface area contributed by atoms with Crippen molar-refractivity contribution in [2.45, 2.75) is 26.8 Å². The Morgan fingerprint density at radius 2 is 1.71 bits per heavy atom. The molecule has 0 heterocycles. The van der Waals surface area contributed by atoms with E-state index in [-0.39, 0.29) is 11.9 Å². The smallest absolute Gasteiger partial charge is 0.252 e. The fourth-order valence-corrected chi connectivity index (χ4v) is 2.73. The molecule has 0 saturated heterocycles. The van der Waals surface area contributed by atoms with Gasteiger partial charge in [0.2, 0.25) is 0 Å². The molecule has 0 aliphatic rings. The van der Waals surface area contributed by atoms with E-state index in [0.29, 0.717) is 11.5 Å². The van der Waals surface area contributed by atoms with Crippen LogP contribution in [0.3, 0.4) is 0 Å². The van der Waals surface area contributed by atoms with Crippen molar-refractivity contribution in [1.29, 1.82) is 0 Å². The average molecular weight is 346 g/mol. The quantitative estimate of drug-likeness (QED) is 0.840. The molecular weight excluding hydrogens is 326 g/mol. The molecule has 2 nitrogen and oxygen atoms in total. The third-order valence-electron chi connectivity index (χ3n) is 3.62. The fourth-order valence-electron chi connectivity index (χ4n) is 2.37. The van der Waals surface area contributed by atoms with Crippen LogP contribution in [-0.2, 0) is 0 Å². The maximum Gasteiger partial charge on any atom is 0.252 e. The SMILES string of the molecule is Cc1c(Br)cccc1C(=O)NC(c1ccccc1)C(C)C. The number of halogens is 1. The summed E-state index contributed by atoms with van der Waals surface area (Å²) >= 11 is 3.47. The van der Waals surface area contributed by atoms with E-state index in [9.17, 15) is 4.79 Å². The minimum atomic E-state index is -0.0312. The largest absolute Gasteiger partial charge is 0.345 e. The van der Waals surface area contributed by atoms with Crippen LogP contribution in [0.1, 0.15) is 41.4 Å². The molecule has 0 saturated carbocycles. The van der Waals surface area contributed by atoms with Gasteiger partial charge in [-0.05, 0) is 36.1 Å². The Hall–Kier alpha value is -1.61. The Morgan fingerprint density at radius 3 is 2.33 bits per heavy atom. The molecule has 2 aromatic carbocycles. The van der Waals surface area contributed by atoms with Gasteiger partial charge in [0.1, 0.15) is 0 Å². The molecule has 2 aromatic rings. The van der Waals surface area contributed by atoms with Gasteiger partial charge >= 0.3 is 0 Å². The number of carbonyl (C=O) groups is 1. The van der Waals surface area contributed by atoms with E-state index < -0.39 is 0 Å². The molecule has 0 fully saturated rings. The van der Waals surface area contributed by atoms with E-state index in [0.717, 1.165) is 15.6 Å². The van der Waals surface area contributed by atoms with Crippen LogP contribution in [-0.4, -0.2) is 5.91 Å². The Balaban J connectivity index is 2.25. The third kappa shape index (κ3) is 3.73. The van der Waals surface area contributed by atoms with Crippen LogP contribution in [0.5, 0.6) is 0 Å². The standard InChI is InChI=1S/C18H20BrNO/c1-12(2)17(14-8-5-4-6-9-14)20-18(21)15-10-7-11-16(19)13(15)3/h4-12,17H,1-3H3,(H,20,21). The molecule has 2 rings (SSSR count). The number of carbonyl (C=O) groups excluding carboxylic acids is 1. The summed E-state index contributed by atoms with van der Waals surface area (Å²) in [6.07, 6.45) is 0. The van der Waals surface area contributed by atoms with Crippen molar-refractivity contribution in [2.75, 3.05) is 0 Å². The van der Waals surface area contributed by atoms with E-state index in [2.05, 4.69) is 47.2 Å². The van der Waals surface area contributed by atoms with Crippen LogP contribution in [0.4, 0.5) is 0 Å². The minimum Gasteiger partial charge on any atom is -0.345 e. The summed E-state index contributed by atoms with van der Waals surface area (Å²) in [6.45, 7) is 6.18. The molecule has 0 spiro atoms. The molecule has 21 heavy (non-hydrogen) atoms. The van der Waals surface area contributed by atoms with Crippen LogP contribution in [0.15, 0.2) is 53.0 Å². The number of hydrogen-bond acceptors (Lipinski definition) is 1. The molecule has 1 amide bonds. The van der Waals surface area contributed by atoms with E-state index in [1.807, 2.05) is 43.3 Å². The molecule has 1 N–H and O–H groups in total. The number of nitrogens with one attached hydrogen (secondary N) is 1. The molecule has 0 aromatic heterocycles. The number of rotatable bonds is 4. The van der Waals surface area contributed by atoms with E-state index >= 15 is 0 Å². The zero-order chi connectivity index (χ0) is 15.4. The van der Waals surface area contributed by atoms with Gasteiger partial charge < -0.3 is 5.32 Å². The Morgan fingerprint density at radius 1 is 1.05 bits per heavy atom. The van der Waals surface area contributed by atoms with Crippen molar-refractivity contribution in [3.8, 4) is 0 Å². The predicted octanol–water partition coefficient (Wildman–Crippen LogP) is 4.88. The maximum absolute atomic E-state index is 12.6. The highest BCUT2D eigenvalue weighted by molar-refractivity contribution is 9.10. The molecule has 0 aliphatic carbocycles. The first-order valence-electron chi connectivity index (χ1n) is 7.11. The van der Waals surface area contributed by atoms with Crippen molar-refractivity contribution in [2.24, 2.45) is 5.92 Å². The van der Waals surface area contributed by atoms with Crippen LogP contribution in [0.25, 0.3) is 0 Å². The second-order valence-corrected chi connectivity index (χ2v) is 6.37. The number of amides is 1. The molecule has 0 bridgehead atoms. The lowest BCUT2D eigenvalue weighted by Gasteiger charge is -2.23. The van der Waals surface area contributed by atoms with Crippen molar-refractivity contribution >= 4 is 21.8 Å². The summed E-state index contributed by atoms with van der Waals surface area (Å²) in [5, 5.41) is 3.16.